The van der Waals surface area contributed by atoms with Crippen LogP contribution in [0.4, 0.5) is 23.2 Å². The third-order valence-corrected chi connectivity index (χ3v) is 9.21. The van der Waals surface area contributed by atoms with Crippen molar-refractivity contribution < 1.29 is 35.6 Å². The molecule has 0 heterocycles. The lowest BCUT2D eigenvalue weighted by molar-refractivity contribution is -0.140. The molecule has 0 aromatic heterocycles. The van der Waals surface area contributed by atoms with Crippen LogP contribution in [0.25, 0.3) is 0 Å². The molecule has 0 radical (unpaired) electrons. The minimum absolute atomic E-state index is 0.0254. The van der Waals surface area contributed by atoms with Gasteiger partial charge in [0.2, 0.25) is 21.8 Å². The zero-order valence-corrected chi connectivity index (χ0v) is 26.1. The minimum atomic E-state index is -4.89. The van der Waals surface area contributed by atoms with Crippen LogP contribution in [0.3, 0.4) is 0 Å². The van der Waals surface area contributed by atoms with E-state index in [0.29, 0.717) is 15.9 Å². The Hall–Kier alpha value is -3.64. The zero-order valence-electron chi connectivity index (χ0n) is 24.6. The summed E-state index contributed by atoms with van der Waals surface area (Å²) >= 11 is 5.75. The second-order valence-electron chi connectivity index (χ2n) is 11.1. The van der Waals surface area contributed by atoms with E-state index in [1.165, 1.54) is 18.2 Å². The van der Waals surface area contributed by atoms with Crippen LogP contribution < -0.4 is 9.62 Å². The maximum atomic E-state index is 14.9. The molecule has 4 rings (SSSR count). The first-order valence-corrected chi connectivity index (χ1v) is 16.7. The highest BCUT2D eigenvalue weighted by Gasteiger charge is 2.37. The Labute approximate surface area is 265 Å². The Balaban J connectivity index is 1.76. The molecule has 242 valence electrons. The van der Waals surface area contributed by atoms with Gasteiger partial charge in [0.25, 0.3) is 0 Å². The summed E-state index contributed by atoms with van der Waals surface area (Å²) in [5.74, 6) is -2.05. The molecule has 1 fully saturated rings. The van der Waals surface area contributed by atoms with E-state index in [4.69, 9.17) is 11.6 Å². The van der Waals surface area contributed by atoms with Crippen LogP contribution in [0.15, 0.2) is 72.8 Å². The third kappa shape index (κ3) is 9.20. The Morgan fingerprint density at radius 3 is 2.24 bits per heavy atom. The summed E-state index contributed by atoms with van der Waals surface area (Å²) in [6.45, 7) is -1.35. The Bertz CT molecular complexity index is 1600. The number of nitrogens with one attached hydrogen (secondary N) is 1. The summed E-state index contributed by atoms with van der Waals surface area (Å²) in [7, 11) is -4.33. The van der Waals surface area contributed by atoms with Gasteiger partial charge in [-0.15, -0.1) is 0 Å². The number of amides is 2. The topological polar surface area (TPSA) is 86.8 Å². The molecule has 1 N–H and O–H groups in total. The number of halogens is 5. The summed E-state index contributed by atoms with van der Waals surface area (Å²) in [5.41, 5.74) is -0.953. The lowest BCUT2D eigenvalue weighted by Crippen LogP contribution is -2.55. The van der Waals surface area contributed by atoms with Crippen molar-refractivity contribution in [3.05, 3.63) is 100 Å². The van der Waals surface area contributed by atoms with Gasteiger partial charge in [0, 0.05) is 24.6 Å². The Kier molecular flexibility index (Phi) is 11.1. The number of hydrogen-bond acceptors (Lipinski definition) is 4. The van der Waals surface area contributed by atoms with Crippen molar-refractivity contribution in [1.82, 2.24) is 10.2 Å². The van der Waals surface area contributed by atoms with Crippen LogP contribution in [-0.4, -0.2) is 50.0 Å². The van der Waals surface area contributed by atoms with E-state index in [0.717, 1.165) is 55.4 Å². The average Bonchev–Trinajstić information content (AvgIpc) is 2.98. The summed E-state index contributed by atoms with van der Waals surface area (Å²) in [6.07, 6.45) is 0.288. The summed E-state index contributed by atoms with van der Waals surface area (Å²) < 4.78 is 82.2. The van der Waals surface area contributed by atoms with Gasteiger partial charge in [-0.1, -0.05) is 79.4 Å². The number of carbonyl (C=O) groups is 2. The number of rotatable bonds is 11. The number of alkyl halides is 3. The molecule has 3 aromatic carbocycles. The minimum Gasteiger partial charge on any atom is -0.352 e. The van der Waals surface area contributed by atoms with E-state index < -0.39 is 69.2 Å². The second-order valence-corrected chi connectivity index (χ2v) is 13.4. The largest absolute Gasteiger partial charge is 0.417 e. The smallest absolute Gasteiger partial charge is 0.352 e. The van der Waals surface area contributed by atoms with Crippen molar-refractivity contribution in [2.45, 2.75) is 63.3 Å². The van der Waals surface area contributed by atoms with Gasteiger partial charge in [-0.2, -0.15) is 13.2 Å². The first-order chi connectivity index (χ1) is 21.2. The maximum Gasteiger partial charge on any atom is 0.417 e. The monoisotopic (exact) mass is 667 g/mol. The van der Waals surface area contributed by atoms with E-state index in [-0.39, 0.29) is 18.0 Å². The fourth-order valence-corrected chi connectivity index (χ4v) is 6.47. The molecule has 0 bridgehead atoms. The molecule has 2 amide bonds. The van der Waals surface area contributed by atoms with Crippen LogP contribution in [0.1, 0.15) is 48.8 Å². The Morgan fingerprint density at radius 2 is 1.62 bits per heavy atom. The molecular formula is C32H34ClF4N3O4S. The second kappa shape index (κ2) is 14.6. The van der Waals surface area contributed by atoms with Crippen molar-refractivity contribution in [1.29, 1.82) is 0 Å². The van der Waals surface area contributed by atoms with Crippen molar-refractivity contribution in [3.8, 4) is 0 Å². The molecule has 45 heavy (non-hydrogen) atoms. The molecule has 1 atom stereocenters. The van der Waals surface area contributed by atoms with Gasteiger partial charge in [0.15, 0.2) is 0 Å². The molecule has 0 aliphatic heterocycles. The highest BCUT2D eigenvalue weighted by molar-refractivity contribution is 7.92. The lowest BCUT2D eigenvalue weighted by Gasteiger charge is -2.35. The lowest BCUT2D eigenvalue weighted by atomic mass is 9.94. The molecule has 13 heteroatoms. The molecule has 3 aromatic rings. The van der Waals surface area contributed by atoms with Gasteiger partial charge in [-0.05, 0) is 42.7 Å². The first-order valence-electron chi connectivity index (χ1n) is 14.5. The molecule has 1 aliphatic carbocycles. The van der Waals surface area contributed by atoms with Crippen molar-refractivity contribution in [2.75, 3.05) is 17.1 Å². The molecule has 7 nitrogen and oxygen atoms in total. The van der Waals surface area contributed by atoms with Gasteiger partial charge in [-0.3, -0.25) is 13.9 Å². The maximum absolute atomic E-state index is 14.9. The number of hydrogen-bond donors (Lipinski definition) is 1. The Morgan fingerprint density at radius 1 is 0.978 bits per heavy atom. The van der Waals surface area contributed by atoms with Gasteiger partial charge >= 0.3 is 6.18 Å². The van der Waals surface area contributed by atoms with E-state index in [1.807, 2.05) is 0 Å². The number of anilines is 1. The number of sulfonamides is 1. The number of benzene rings is 3. The van der Waals surface area contributed by atoms with Crippen LogP contribution in [0.5, 0.6) is 0 Å². The predicted octanol–water partition coefficient (Wildman–Crippen LogP) is 6.35. The highest BCUT2D eigenvalue weighted by atomic mass is 35.5. The number of nitrogens with zero attached hydrogens (tertiary/aromatic N) is 2. The van der Waals surface area contributed by atoms with Crippen LogP contribution >= 0.6 is 11.6 Å². The highest BCUT2D eigenvalue weighted by Crippen LogP contribution is 2.37. The molecular weight excluding hydrogens is 634 g/mol. The van der Waals surface area contributed by atoms with Gasteiger partial charge in [-0.25, -0.2) is 12.8 Å². The van der Waals surface area contributed by atoms with Crippen molar-refractivity contribution in [2.24, 2.45) is 0 Å². The van der Waals surface area contributed by atoms with E-state index >= 15 is 0 Å². The van der Waals surface area contributed by atoms with Crippen LogP contribution in [0.2, 0.25) is 5.02 Å². The van der Waals surface area contributed by atoms with Gasteiger partial charge < -0.3 is 10.2 Å². The van der Waals surface area contributed by atoms with Crippen LogP contribution in [0, 0.1) is 5.82 Å². The molecule has 0 spiro atoms. The quantitative estimate of drug-likeness (QED) is 0.242. The molecule has 1 aliphatic rings. The molecule has 0 unspecified atom stereocenters. The first kappa shape index (κ1) is 34.2. The summed E-state index contributed by atoms with van der Waals surface area (Å²) in [5, 5.41) is 2.38. The van der Waals surface area contributed by atoms with Crippen molar-refractivity contribution >= 4 is 39.1 Å². The summed E-state index contributed by atoms with van der Waals surface area (Å²) in [4.78, 5) is 29.1. The average molecular weight is 668 g/mol. The van der Waals surface area contributed by atoms with E-state index in [9.17, 15) is 35.6 Å². The fourth-order valence-electron chi connectivity index (χ4n) is 5.41. The normalized spacial score (nSPS) is 14.9. The van der Waals surface area contributed by atoms with E-state index in [1.54, 1.807) is 36.4 Å². The number of carbonyl (C=O) groups excluding carboxylic acids is 2. The van der Waals surface area contributed by atoms with Gasteiger partial charge in [0.1, 0.15) is 18.4 Å². The van der Waals surface area contributed by atoms with Crippen LogP contribution in [-0.2, 0) is 38.8 Å². The SMILES string of the molecule is CS(=O)(=O)N(CC(=O)N(Cc1ccccc1F)[C@@H](Cc1ccccc1)C(=O)NC1CCCCC1)c1ccc(Cl)c(C(F)(F)F)c1. The third-order valence-electron chi connectivity index (χ3n) is 7.74. The zero-order chi connectivity index (χ0) is 32.8. The van der Waals surface area contributed by atoms with Crippen molar-refractivity contribution in [3.63, 3.8) is 0 Å². The summed E-state index contributed by atoms with van der Waals surface area (Å²) in [6, 6.07) is 15.7. The fraction of sp³-hybridized carbons (Fsp3) is 0.375. The standard InChI is InChI=1S/C32H34ClF4N3O4S/c1-45(43,44)40(25-16-17-27(33)26(19-25)32(35,36)37)21-30(41)39(20-23-12-8-9-15-28(23)34)29(18-22-10-4-2-5-11-22)31(42)38-24-13-6-3-7-14-24/h2,4-5,8-12,15-17,19,24,29H,3,6-7,13-14,18,20-21H2,1H3,(H,38,42)/t29-/m0/s1. The van der Waals surface area contributed by atoms with E-state index in [2.05, 4.69) is 5.32 Å². The predicted molar refractivity (Wildman–Crippen MR) is 165 cm³/mol. The molecule has 1 saturated carbocycles. The molecule has 0 saturated heterocycles. The van der Waals surface area contributed by atoms with Gasteiger partial charge in [0.05, 0.1) is 22.5 Å².